The number of amides is 1. The molecule has 1 heterocycles. The second-order valence-electron chi connectivity index (χ2n) is 5.94. The zero-order chi connectivity index (χ0) is 19.1. The lowest BCUT2D eigenvalue weighted by atomic mass is 10.1. The second kappa shape index (κ2) is 9.31. The van der Waals surface area contributed by atoms with Gasteiger partial charge in [-0.2, -0.15) is 0 Å². The molecule has 6 nitrogen and oxygen atoms in total. The van der Waals surface area contributed by atoms with Crippen LogP contribution in [0.1, 0.15) is 36.7 Å². The smallest absolute Gasteiger partial charge is 0.338 e. The monoisotopic (exact) mass is 376 g/mol. The average molecular weight is 377 g/mol. The molecule has 2 aromatic rings. The molecule has 0 aliphatic carbocycles. The van der Waals surface area contributed by atoms with Gasteiger partial charge >= 0.3 is 5.97 Å². The Labute approximate surface area is 157 Å². The van der Waals surface area contributed by atoms with Crippen molar-refractivity contribution in [3.05, 3.63) is 58.9 Å². The van der Waals surface area contributed by atoms with Gasteiger partial charge in [-0.25, -0.2) is 9.78 Å². The molecular formula is C19H21ClN2O4. The third-order valence-electron chi connectivity index (χ3n) is 3.44. The van der Waals surface area contributed by atoms with E-state index in [0.717, 1.165) is 5.56 Å². The highest BCUT2D eigenvalue weighted by Gasteiger charge is 2.20. The van der Waals surface area contributed by atoms with Gasteiger partial charge in [-0.1, -0.05) is 23.7 Å². The molecule has 0 aliphatic heterocycles. The summed E-state index contributed by atoms with van der Waals surface area (Å²) in [6, 6.07) is 10.1. The van der Waals surface area contributed by atoms with Crippen LogP contribution in [0.5, 0.6) is 0 Å². The SMILES string of the molecule is CC(C)OCc1ccc(C(=O)O[C@H](C)C(=O)Nc2cccnc2Cl)cc1. The lowest BCUT2D eigenvalue weighted by Crippen LogP contribution is -2.30. The van der Waals surface area contributed by atoms with Crippen LogP contribution in [0.2, 0.25) is 5.15 Å². The summed E-state index contributed by atoms with van der Waals surface area (Å²) in [5.41, 5.74) is 1.67. The van der Waals surface area contributed by atoms with Gasteiger partial charge in [-0.05, 0) is 50.6 Å². The number of aromatic nitrogens is 1. The van der Waals surface area contributed by atoms with E-state index in [2.05, 4.69) is 10.3 Å². The minimum absolute atomic E-state index is 0.132. The van der Waals surface area contributed by atoms with E-state index >= 15 is 0 Å². The molecular weight excluding hydrogens is 356 g/mol. The Balaban J connectivity index is 1.91. The molecule has 0 bridgehead atoms. The standard InChI is InChI=1S/C19H21ClN2O4/c1-12(2)25-11-14-6-8-15(9-7-14)19(24)26-13(3)18(23)22-16-5-4-10-21-17(16)20/h4-10,12-13H,11H2,1-3H3,(H,22,23)/t13-/m1/s1. The topological polar surface area (TPSA) is 77.5 Å². The number of halogens is 1. The van der Waals surface area contributed by atoms with Gasteiger partial charge in [-0.15, -0.1) is 0 Å². The third kappa shape index (κ3) is 5.82. The van der Waals surface area contributed by atoms with Gasteiger partial charge in [0.15, 0.2) is 11.3 Å². The number of carbonyl (C=O) groups excluding carboxylic acids is 2. The first-order valence-electron chi connectivity index (χ1n) is 8.19. The summed E-state index contributed by atoms with van der Waals surface area (Å²) >= 11 is 5.89. The Morgan fingerprint density at radius 3 is 2.46 bits per heavy atom. The molecule has 0 unspecified atom stereocenters. The zero-order valence-corrected chi connectivity index (χ0v) is 15.6. The largest absolute Gasteiger partial charge is 0.449 e. The molecule has 1 atom stereocenters. The molecule has 0 fully saturated rings. The van der Waals surface area contributed by atoms with Crippen molar-refractivity contribution in [1.82, 2.24) is 4.98 Å². The van der Waals surface area contributed by atoms with Crippen LogP contribution in [0.25, 0.3) is 0 Å². The average Bonchev–Trinajstić information content (AvgIpc) is 2.62. The number of esters is 1. The minimum atomic E-state index is -0.984. The van der Waals surface area contributed by atoms with Crippen molar-refractivity contribution < 1.29 is 19.1 Å². The Hall–Kier alpha value is -2.44. The fourth-order valence-electron chi connectivity index (χ4n) is 2.00. The summed E-state index contributed by atoms with van der Waals surface area (Å²) in [4.78, 5) is 28.2. The summed E-state index contributed by atoms with van der Waals surface area (Å²) in [7, 11) is 0. The van der Waals surface area contributed by atoms with Gasteiger partial charge in [0.1, 0.15) is 0 Å². The molecule has 138 valence electrons. The van der Waals surface area contributed by atoms with E-state index < -0.39 is 18.0 Å². The lowest BCUT2D eigenvalue weighted by Gasteiger charge is -2.14. The van der Waals surface area contributed by atoms with Gasteiger partial charge in [0.25, 0.3) is 5.91 Å². The molecule has 0 saturated carbocycles. The van der Waals surface area contributed by atoms with Crippen LogP contribution in [0, 0.1) is 0 Å². The van der Waals surface area contributed by atoms with Crippen molar-refractivity contribution in [3.63, 3.8) is 0 Å². The number of hydrogen-bond acceptors (Lipinski definition) is 5. The first-order valence-corrected chi connectivity index (χ1v) is 8.57. The summed E-state index contributed by atoms with van der Waals surface area (Å²) in [6.45, 7) is 5.87. The predicted molar refractivity (Wildman–Crippen MR) is 99.1 cm³/mol. The summed E-state index contributed by atoms with van der Waals surface area (Å²) in [5, 5.41) is 2.74. The number of benzene rings is 1. The Bertz CT molecular complexity index is 762. The van der Waals surface area contributed by atoms with Crippen molar-refractivity contribution in [1.29, 1.82) is 0 Å². The molecule has 0 spiro atoms. The predicted octanol–water partition coefficient (Wildman–Crippen LogP) is 3.84. The number of nitrogens with one attached hydrogen (secondary N) is 1. The lowest BCUT2D eigenvalue weighted by molar-refractivity contribution is -0.123. The fraction of sp³-hybridized carbons (Fsp3) is 0.316. The number of anilines is 1. The number of ether oxygens (including phenoxy) is 2. The molecule has 26 heavy (non-hydrogen) atoms. The van der Waals surface area contributed by atoms with Crippen LogP contribution >= 0.6 is 11.6 Å². The summed E-state index contributed by atoms with van der Waals surface area (Å²) < 4.78 is 10.7. The van der Waals surface area contributed by atoms with Gasteiger partial charge in [0.2, 0.25) is 0 Å². The minimum Gasteiger partial charge on any atom is -0.449 e. The van der Waals surface area contributed by atoms with Gasteiger partial charge in [0, 0.05) is 6.20 Å². The van der Waals surface area contributed by atoms with E-state index in [1.165, 1.54) is 13.1 Å². The normalized spacial score (nSPS) is 11.9. The Morgan fingerprint density at radius 1 is 1.15 bits per heavy atom. The molecule has 0 radical (unpaired) electrons. The Kier molecular flexibility index (Phi) is 7.12. The van der Waals surface area contributed by atoms with Gasteiger partial charge in [0.05, 0.1) is 24.0 Å². The second-order valence-corrected chi connectivity index (χ2v) is 6.29. The first kappa shape index (κ1) is 19.9. The van der Waals surface area contributed by atoms with Crippen LogP contribution in [-0.4, -0.2) is 29.1 Å². The van der Waals surface area contributed by atoms with E-state index in [4.69, 9.17) is 21.1 Å². The van der Waals surface area contributed by atoms with E-state index in [-0.39, 0.29) is 11.3 Å². The molecule has 1 aromatic carbocycles. The van der Waals surface area contributed by atoms with Crippen LogP contribution < -0.4 is 5.32 Å². The van der Waals surface area contributed by atoms with Gasteiger partial charge in [-0.3, -0.25) is 4.79 Å². The van der Waals surface area contributed by atoms with Crippen LogP contribution in [-0.2, 0) is 20.9 Å². The van der Waals surface area contributed by atoms with Crippen LogP contribution in [0.4, 0.5) is 5.69 Å². The number of nitrogens with zero attached hydrogens (tertiary/aromatic N) is 1. The van der Waals surface area contributed by atoms with Crippen molar-refractivity contribution >= 4 is 29.2 Å². The molecule has 0 saturated heterocycles. The molecule has 0 aliphatic rings. The maximum absolute atomic E-state index is 12.2. The highest BCUT2D eigenvalue weighted by atomic mass is 35.5. The molecule has 7 heteroatoms. The van der Waals surface area contributed by atoms with Crippen molar-refractivity contribution in [2.45, 2.75) is 39.6 Å². The zero-order valence-electron chi connectivity index (χ0n) is 14.9. The maximum Gasteiger partial charge on any atom is 0.338 e. The molecule has 1 N–H and O–H groups in total. The number of pyridine rings is 1. The number of rotatable bonds is 7. The van der Waals surface area contributed by atoms with Crippen LogP contribution in [0.3, 0.4) is 0 Å². The molecule has 1 amide bonds. The quantitative estimate of drug-likeness (QED) is 0.586. The van der Waals surface area contributed by atoms with Crippen molar-refractivity contribution in [2.24, 2.45) is 0 Å². The van der Waals surface area contributed by atoms with E-state index in [9.17, 15) is 9.59 Å². The number of carbonyl (C=O) groups is 2. The molecule has 2 rings (SSSR count). The maximum atomic E-state index is 12.2. The van der Waals surface area contributed by atoms with Crippen molar-refractivity contribution in [3.8, 4) is 0 Å². The summed E-state index contributed by atoms with van der Waals surface area (Å²) in [6.07, 6.45) is 0.659. The highest BCUT2D eigenvalue weighted by Crippen LogP contribution is 2.18. The third-order valence-corrected chi connectivity index (χ3v) is 3.74. The van der Waals surface area contributed by atoms with E-state index in [0.29, 0.717) is 17.9 Å². The van der Waals surface area contributed by atoms with E-state index in [1.807, 2.05) is 13.8 Å². The number of hydrogen-bond donors (Lipinski definition) is 1. The van der Waals surface area contributed by atoms with Crippen molar-refractivity contribution in [2.75, 3.05) is 5.32 Å². The molecule has 1 aromatic heterocycles. The Morgan fingerprint density at radius 2 is 1.85 bits per heavy atom. The summed E-state index contributed by atoms with van der Waals surface area (Å²) in [5.74, 6) is -1.07. The van der Waals surface area contributed by atoms with Crippen LogP contribution in [0.15, 0.2) is 42.6 Å². The highest BCUT2D eigenvalue weighted by molar-refractivity contribution is 6.32. The first-order chi connectivity index (χ1) is 12.4. The fourth-order valence-corrected chi connectivity index (χ4v) is 2.16. The van der Waals surface area contributed by atoms with E-state index in [1.54, 1.807) is 36.4 Å². The van der Waals surface area contributed by atoms with Gasteiger partial charge < -0.3 is 14.8 Å².